The molecule has 12 nitrogen and oxygen atoms in total. The molecule has 2 aromatic rings. The number of nitrogens with one attached hydrogen (secondary N) is 2. The number of rotatable bonds is 7. The molecule has 1 aromatic carbocycles. The maximum Gasteiger partial charge on any atom is 0.317 e. The Balaban J connectivity index is 2.06. The van der Waals surface area contributed by atoms with Gasteiger partial charge in [0.15, 0.2) is 5.96 Å². The first-order valence-corrected chi connectivity index (χ1v) is 7.99. The molecule has 28 heavy (non-hydrogen) atoms. The summed E-state index contributed by atoms with van der Waals surface area (Å²) in [6, 6.07) is 6.31. The molecule has 0 unspecified atom stereocenters. The van der Waals surface area contributed by atoms with Gasteiger partial charge in [-0.3, -0.25) is 15.1 Å². The maximum atomic E-state index is 11.1. The summed E-state index contributed by atoms with van der Waals surface area (Å²) in [5.41, 5.74) is 17.6. The minimum absolute atomic E-state index is 0.0153. The van der Waals surface area contributed by atoms with E-state index >= 15 is 0 Å². The highest BCUT2D eigenvalue weighted by Crippen LogP contribution is 2.15. The number of allylic oxidation sites excluding steroid dienone is 1. The van der Waals surface area contributed by atoms with Gasteiger partial charge >= 0.3 is 6.03 Å². The van der Waals surface area contributed by atoms with Gasteiger partial charge in [0, 0.05) is 13.1 Å². The fourth-order valence-corrected chi connectivity index (χ4v) is 2.00. The summed E-state index contributed by atoms with van der Waals surface area (Å²) in [5.74, 6) is -0.250. The van der Waals surface area contributed by atoms with E-state index in [4.69, 9.17) is 17.2 Å². The van der Waals surface area contributed by atoms with Gasteiger partial charge in [-0.2, -0.15) is 0 Å². The van der Waals surface area contributed by atoms with Crippen molar-refractivity contribution in [3.05, 3.63) is 48.1 Å². The largest absolute Gasteiger partial charge is 0.370 e. The third-order valence-electron chi connectivity index (χ3n) is 3.11. The molecule has 0 spiro atoms. The Hall–Kier alpha value is -4.22. The standard InChI is InChI=1S/C16H20N10O2/c1-10(27)22-14(23-16(19)28)6-7-20-11-2-4-13(5-3-11)26-9-12(24-25-26)8-21-15(17)18/h2-7,9H,8H2,1H3,(H,22,27)(H4,17,18,21)(H3,19,23,28). The van der Waals surface area contributed by atoms with Gasteiger partial charge in [0.25, 0.3) is 0 Å². The molecule has 1 heterocycles. The Bertz CT molecular complexity index is 905. The van der Waals surface area contributed by atoms with Crippen molar-refractivity contribution < 1.29 is 9.59 Å². The number of aliphatic imine (C=N–C) groups is 2. The molecule has 0 radical (unpaired) electrons. The Morgan fingerprint density at radius 2 is 1.89 bits per heavy atom. The first-order valence-electron chi connectivity index (χ1n) is 7.99. The number of urea groups is 1. The number of guanidine groups is 1. The van der Waals surface area contributed by atoms with E-state index in [1.807, 2.05) is 0 Å². The minimum Gasteiger partial charge on any atom is -0.370 e. The number of carbonyl (C=O) groups excluding carboxylic acids is 2. The Morgan fingerprint density at radius 3 is 2.50 bits per heavy atom. The number of hydrogen-bond acceptors (Lipinski definition) is 6. The highest BCUT2D eigenvalue weighted by Gasteiger charge is 2.03. The molecule has 1 aromatic heterocycles. The Labute approximate surface area is 160 Å². The first-order chi connectivity index (χ1) is 13.3. The van der Waals surface area contributed by atoms with Gasteiger partial charge < -0.3 is 22.5 Å². The second-order valence-corrected chi connectivity index (χ2v) is 5.44. The molecular formula is C16H20N10O2. The monoisotopic (exact) mass is 384 g/mol. The predicted octanol–water partition coefficient (Wildman–Crippen LogP) is -0.611. The van der Waals surface area contributed by atoms with Crippen LogP contribution in [-0.4, -0.2) is 39.1 Å². The fourth-order valence-electron chi connectivity index (χ4n) is 2.00. The number of aromatic nitrogens is 3. The molecule has 0 fully saturated rings. The van der Waals surface area contributed by atoms with Gasteiger partial charge in [-0.1, -0.05) is 5.21 Å². The molecule has 0 bridgehead atoms. The van der Waals surface area contributed by atoms with E-state index in [1.165, 1.54) is 19.2 Å². The van der Waals surface area contributed by atoms with Crippen LogP contribution in [0.2, 0.25) is 0 Å². The zero-order chi connectivity index (χ0) is 20.5. The lowest BCUT2D eigenvalue weighted by Crippen LogP contribution is -2.37. The van der Waals surface area contributed by atoms with Crippen molar-refractivity contribution in [3.8, 4) is 5.69 Å². The summed E-state index contributed by atoms with van der Waals surface area (Å²) >= 11 is 0. The van der Waals surface area contributed by atoms with Crippen molar-refractivity contribution in [3.63, 3.8) is 0 Å². The van der Waals surface area contributed by atoms with Gasteiger partial charge in [0.05, 0.1) is 24.1 Å². The van der Waals surface area contributed by atoms with Crippen LogP contribution in [0.1, 0.15) is 12.6 Å². The van der Waals surface area contributed by atoms with Gasteiger partial charge in [-0.15, -0.1) is 5.10 Å². The lowest BCUT2D eigenvalue weighted by atomic mass is 10.3. The van der Waals surface area contributed by atoms with Crippen LogP contribution >= 0.6 is 0 Å². The lowest BCUT2D eigenvalue weighted by Gasteiger charge is -2.06. The summed E-state index contributed by atoms with van der Waals surface area (Å²) < 4.78 is 1.58. The highest BCUT2D eigenvalue weighted by atomic mass is 16.2. The summed E-state index contributed by atoms with van der Waals surface area (Å²) in [4.78, 5) is 30.1. The fraction of sp³-hybridized carbons (Fsp3) is 0.125. The molecular weight excluding hydrogens is 364 g/mol. The van der Waals surface area contributed by atoms with Gasteiger partial charge in [-0.25, -0.2) is 14.5 Å². The zero-order valence-corrected chi connectivity index (χ0v) is 15.0. The van der Waals surface area contributed by atoms with Gasteiger partial charge in [0.1, 0.15) is 11.5 Å². The molecule has 0 atom stereocenters. The predicted molar refractivity (Wildman–Crippen MR) is 104 cm³/mol. The summed E-state index contributed by atoms with van der Waals surface area (Å²) in [5, 5.41) is 12.7. The third-order valence-corrected chi connectivity index (χ3v) is 3.11. The molecule has 0 saturated heterocycles. The van der Waals surface area contributed by atoms with E-state index in [9.17, 15) is 9.59 Å². The first kappa shape index (κ1) is 20.1. The molecule has 12 heteroatoms. The van der Waals surface area contributed by atoms with E-state index in [-0.39, 0.29) is 24.2 Å². The molecule has 0 saturated carbocycles. The van der Waals surface area contributed by atoms with Crippen molar-refractivity contribution in [2.24, 2.45) is 27.2 Å². The van der Waals surface area contributed by atoms with Gasteiger partial charge in [-0.05, 0) is 30.3 Å². The topological polar surface area (TPSA) is 192 Å². The van der Waals surface area contributed by atoms with Crippen LogP contribution in [0.15, 0.2) is 52.3 Å². The molecule has 146 valence electrons. The van der Waals surface area contributed by atoms with E-state index in [1.54, 1.807) is 35.1 Å². The Kier molecular flexibility index (Phi) is 6.80. The van der Waals surface area contributed by atoms with Crippen LogP contribution in [0, 0.1) is 0 Å². The number of benzene rings is 1. The van der Waals surface area contributed by atoms with Crippen molar-refractivity contribution in [1.29, 1.82) is 0 Å². The quantitative estimate of drug-likeness (QED) is 0.312. The number of hydrogen-bond donors (Lipinski definition) is 5. The summed E-state index contributed by atoms with van der Waals surface area (Å²) in [6.07, 6.45) is 4.54. The number of nitrogens with zero attached hydrogens (tertiary/aromatic N) is 5. The molecule has 0 aliphatic rings. The van der Waals surface area contributed by atoms with Gasteiger partial charge in [0.2, 0.25) is 5.91 Å². The molecule has 2 rings (SSSR count). The smallest absolute Gasteiger partial charge is 0.317 e. The second kappa shape index (κ2) is 9.47. The normalized spacial score (nSPS) is 11.2. The number of amides is 3. The van der Waals surface area contributed by atoms with Crippen LogP contribution in [-0.2, 0) is 11.3 Å². The average molecular weight is 384 g/mol. The maximum absolute atomic E-state index is 11.1. The van der Waals surface area contributed by atoms with E-state index < -0.39 is 6.03 Å². The zero-order valence-electron chi connectivity index (χ0n) is 15.0. The van der Waals surface area contributed by atoms with Crippen molar-refractivity contribution >= 4 is 29.8 Å². The molecule has 0 aliphatic carbocycles. The third kappa shape index (κ3) is 6.59. The van der Waals surface area contributed by atoms with Crippen molar-refractivity contribution in [2.45, 2.75) is 13.5 Å². The van der Waals surface area contributed by atoms with Crippen LogP contribution < -0.4 is 27.8 Å². The lowest BCUT2D eigenvalue weighted by molar-refractivity contribution is -0.118. The van der Waals surface area contributed by atoms with Crippen LogP contribution in [0.25, 0.3) is 5.69 Å². The van der Waals surface area contributed by atoms with Crippen LogP contribution in [0.4, 0.5) is 10.5 Å². The Morgan fingerprint density at radius 1 is 1.18 bits per heavy atom. The number of nitrogens with two attached hydrogens (primary N) is 3. The average Bonchev–Trinajstić information content (AvgIpc) is 3.08. The van der Waals surface area contributed by atoms with E-state index in [0.29, 0.717) is 11.4 Å². The van der Waals surface area contributed by atoms with Crippen molar-refractivity contribution in [2.75, 3.05) is 0 Å². The summed E-state index contributed by atoms with van der Waals surface area (Å²) in [6.45, 7) is 1.55. The molecule has 3 amide bonds. The summed E-state index contributed by atoms with van der Waals surface area (Å²) in [7, 11) is 0. The second-order valence-electron chi connectivity index (χ2n) is 5.44. The minimum atomic E-state index is -0.801. The van der Waals surface area contributed by atoms with E-state index in [2.05, 4.69) is 30.9 Å². The van der Waals surface area contributed by atoms with Crippen LogP contribution in [0.5, 0.6) is 0 Å². The molecule has 0 aliphatic heterocycles. The number of primary amides is 1. The van der Waals surface area contributed by atoms with Crippen LogP contribution in [0.3, 0.4) is 0 Å². The van der Waals surface area contributed by atoms with Crippen molar-refractivity contribution in [1.82, 2.24) is 25.6 Å². The van der Waals surface area contributed by atoms with E-state index in [0.717, 1.165) is 5.69 Å². The molecule has 8 N–H and O–H groups in total. The highest BCUT2D eigenvalue weighted by molar-refractivity contribution is 5.82. The number of carbonyl (C=O) groups is 2. The SMILES string of the molecule is CC(=O)NC(=CC=Nc1ccc(-n2cc(CN=C(N)N)nn2)cc1)NC(N)=O.